The minimum atomic E-state index is -0.847. The smallest absolute Gasteiger partial charge is 0.266 e. The van der Waals surface area contributed by atoms with Crippen molar-refractivity contribution >= 4 is 23.2 Å². The fourth-order valence-electron chi connectivity index (χ4n) is 4.43. The van der Waals surface area contributed by atoms with E-state index < -0.39 is 12.0 Å². The molecule has 31 heavy (non-hydrogen) atoms. The highest BCUT2D eigenvalue weighted by molar-refractivity contribution is 6.24. The molecule has 0 N–H and O–H groups in total. The van der Waals surface area contributed by atoms with Crippen molar-refractivity contribution in [2.75, 3.05) is 9.96 Å². The summed E-state index contributed by atoms with van der Waals surface area (Å²) in [7, 11) is 0. The zero-order valence-electron chi connectivity index (χ0n) is 17.8. The zero-order chi connectivity index (χ0) is 21.7. The van der Waals surface area contributed by atoms with E-state index >= 15 is 0 Å². The highest BCUT2D eigenvalue weighted by Crippen LogP contribution is 2.47. The first-order valence-electron chi connectivity index (χ1n) is 10.5. The van der Waals surface area contributed by atoms with Gasteiger partial charge in [0.2, 0.25) is 5.91 Å². The van der Waals surface area contributed by atoms with Gasteiger partial charge in [0.05, 0.1) is 17.4 Å². The number of benzene rings is 3. The molecule has 5 rings (SSSR count). The Labute approximate surface area is 181 Å². The molecule has 0 bridgehead atoms. The minimum Gasteiger partial charge on any atom is -0.273 e. The maximum Gasteiger partial charge on any atom is 0.266 e. The number of hydroxylamine groups is 1. The van der Waals surface area contributed by atoms with Gasteiger partial charge in [-0.2, -0.15) is 0 Å². The van der Waals surface area contributed by atoms with E-state index in [1.807, 2.05) is 93.6 Å². The Balaban J connectivity index is 1.58. The van der Waals surface area contributed by atoms with E-state index in [0.29, 0.717) is 5.69 Å². The first kappa shape index (κ1) is 19.5. The number of nitrogens with zero attached hydrogens (tertiary/aromatic N) is 2. The zero-order valence-corrected chi connectivity index (χ0v) is 17.8. The Bertz CT molecular complexity index is 1160. The van der Waals surface area contributed by atoms with E-state index in [1.54, 1.807) is 5.06 Å². The largest absolute Gasteiger partial charge is 0.273 e. The molecule has 3 aromatic rings. The van der Waals surface area contributed by atoms with Gasteiger partial charge in [-0.3, -0.25) is 14.4 Å². The molecule has 2 aliphatic heterocycles. The molecule has 2 amide bonds. The second kappa shape index (κ2) is 7.36. The first-order valence-corrected chi connectivity index (χ1v) is 10.5. The standard InChI is InChI=1S/C26H24N2O3/c1-16-9-12-19(13-10-16)23-22-24(31-28(23)20-7-5-4-6-8-20)26(30)27(25(22)29)21-14-11-17(2)18(3)15-21/h4-15,22-24H,1-3H3/t22-,23+,24-/m0/s1. The molecule has 5 nitrogen and oxygen atoms in total. The molecule has 0 unspecified atom stereocenters. The number of fused-ring (bicyclic) bond motifs is 1. The Hall–Kier alpha value is -3.44. The molecule has 2 fully saturated rings. The number of carbonyl (C=O) groups is 2. The van der Waals surface area contributed by atoms with Crippen LogP contribution in [0.1, 0.15) is 28.3 Å². The predicted octanol–water partition coefficient (Wildman–Crippen LogP) is 4.66. The number of amides is 2. The van der Waals surface area contributed by atoms with E-state index in [2.05, 4.69) is 0 Å². The van der Waals surface area contributed by atoms with Crippen molar-refractivity contribution in [1.29, 1.82) is 0 Å². The van der Waals surface area contributed by atoms with Gasteiger partial charge in [-0.15, -0.1) is 0 Å². The second-order valence-electron chi connectivity index (χ2n) is 8.35. The molecular weight excluding hydrogens is 388 g/mol. The molecule has 2 saturated heterocycles. The summed E-state index contributed by atoms with van der Waals surface area (Å²) in [5, 5.41) is 1.73. The number of rotatable bonds is 3. The van der Waals surface area contributed by atoms with Crippen LogP contribution in [-0.4, -0.2) is 17.9 Å². The van der Waals surface area contributed by atoms with Crippen LogP contribution in [0.2, 0.25) is 0 Å². The molecule has 2 aliphatic rings. The molecule has 0 aromatic heterocycles. The summed E-state index contributed by atoms with van der Waals surface area (Å²) >= 11 is 0. The van der Waals surface area contributed by atoms with E-state index in [-0.39, 0.29) is 17.9 Å². The molecule has 2 heterocycles. The maximum atomic E-state index is 13.6. The van der Waals surface area contributed by atoms with Gasteiger partial charge < -0.3 is 0 Å². The summed E-state index contributed by atoms with van der Waals surface area (Å²) in [4.78, 5) is 34.5. The number of hydrogen-bond donors (Lipinski definition) is 0. The van der Waals surface area contributed by atoms with Crippen molar-refractivity contribution < 1.29 is 14.4 Å². The number of imide groups is 1. The Morgan fingerprint density at radius 2 is 1.45 bits per heavy atom. The summed E-state index contributed by atoms with van der Waals surface area (Å²) < 4.78 is 0. The third-order valence-corrected chi connectivity index (χ3v) is 6.29. The molecule has 0 radical (unpaired) electrons. The fraction of sp³-hybridized carbons (Fsp3) is 0.231. The summed E-state index contributed by atoms with van der Waals surface area (Å²) in [5.74, 6) is -1.15. The van der Waals surface area contributed by atoms with E-state index in [9.17, 15) is 9.59 Å². The van der Waals surface area contributed by atoms with Crippen molar-refractivity contribution in [3.63, 3.8) is 0 Å². The van der Waals surface area contributed by atoms with Crippen LogP contribution >= 0.6 is 0 Å². The molecule has 156 valence electrons. The maximum absolute atomic E-state index is 13.6. The van der Waals surface area contributed by atoms with Crippen LogP contribution in [0.15, 0.2) is 72.8 Å². The first-order chi connectivity index (χ1) is 15.0. The van der Waals surface area contributed by atoms with Crippen molar-refractivity contribution in [3.8, 4) is 0 Å². The van der Waals surface area contributed by atoms with Crippen LogP contribution in [0, 0.1) is 26.7 Å². The van der Waals surface area contributed by atoms with Gasteiger partial charge in [0.1, 0.15) is 5.92 Å². The Morgan fingerprint density at radius 3 is 2.13 bits per heavy atom. The lowest BCUT2D eigenvalue weighted by Crippen LogP contribution is -2.37. The molecule has 0 spiro atoms. The number of hydrogen-bond acceptors (Lipinski definition) is 4. The van der Waals surface area contributed by atoms with Gasteiger partial charge >= 0.3 is 0 Å². The average Bonchev–Trinajstić information content (AvgIpc) is 3.28. The molecule has 0 aliphatic carbocycles. The van der Waals surface area contributed by atoms with E-state index in [1.165, 1.54) is 4.90 Å². The lowest BCUT2D eigenvalue weighted by atomic mass is 9.90. The van der Waals surface area contributed by atoms with Gasteiger partial charge in [-0.05, 0) is 61.7 Å². The van der Waals surface area contributed by atoms with Crippen molar-refractivity contribution in [2.24, 2.45) is 5.92 Å². The normalized spacial score (nSPS) is 22.9. The van der Waals surface area contributed by atoms with Gasteiger partial charge in [0.15, 0.2) is 6.10 Å². The van der Waals surface area contributed by atoms with Gasteiger partial charge in [-0.1, -0.05) is 54.1 Å². The van der Waals surface area contributed by atoms with Crippen LogP contribution < -0.4 is 9.96 Å². The van der Waals surface area contributed by atoms with Crippen molar-refractivity contribution in [3.05, 3.63) is 95.1 Å². The van der Waals surface area contributed by atoms with Crippen LogP contribution in [0.4, 0.5) is 11.4 Å². The molecule has 5 heteroatoms. The summed E-state index contributed by atoms with van der Waals surface area (Å²) in [6, 6.07) is 23.0. The summed E-state index contributed by atoms with van der Waals surface area (Å²) in [6.07, 6.45) is -0.847. The highest BCUT2D eigenvalue weighted by atomic mass is 16.7. The van der Waals surface area contributed by atoms with Gasteiger partial charge in [-0.25, -0.2) is 9.96 Å². The number of anilines is 2. The third-order valence-electron chi connectivity index (χ3n) is 6.29. The molecule has 3 atom stereocenters. The summed E-state index contributed by atoms with van der Waals surface area (Å²) in [5.41, 5.74) is 5.66. The Kier molecular flexibility index (Phi) is 4.63. The lowest BCUT2D eigenvalue weighted by Gasteiger charge is -2.29. The van der Waals surface area contributed by atoms with Crippen molar-refractivity contribution in [1.82, 2.24) is 0 Å². The minimum absolute atomic E-state index is 0.220. The lowest BCUT2D eigenvalue weighted by molar-refractivity contribution is -0.126. The van der Waals surface area contributed by atoms with E-state index in [4.69, 9.17) is 4.84 Å². The highest BCUT2D eigenvalue weighted by Gasteiger charge is 2.60. The monoisotopic (exact) mass is 412 g/mol. The molecule has 3 aromatic carbocycles. The number of carbonyl (C=O) groups excluding carboxylic acids is 2. The fourth-order valence-corrected chi connectivity index (χ4v) is 4.43. The van der Waals surface area contributed by atoms with Crippen LogP contribution in [0.3, 0.4) is 0 Å². The predicted molar refractivity (Wildman–Crippen MR) is 120 cm³/mol. The van der Waals surface area contributed by atoms with Gasteiger partial charge in [0, 0.05) is 0 Å². The molecule has 0 saturated carbocycles. The quantitative estimate of drug-likeness (QED) is 0.587. The van der Waals surface area contributed by atoms with Gasteiger partial charge in [0.25, 0.3) is 5.91 Å². The third kappa shape index (κ3) is 3.13. The Morgan fingerprint density at radius 1 is 0.742 bits per heavy atom. The average molecular weight is 412 g/mol. The SMILES string of the molecule is Cc1ccc([C@@H]2[C@@H]3C(=O)N(c4ccc(C)c(C)c4)C(=O)[C@H]3ON2c2ccccc2)cc1. The summed E-state index contributed by atoms with van der Waals surface area (Å²) in [6.45, 7) is 6.02. The van der Waals surface area contributed by atoms with Crippen LogP contribution in [0.5, 0.6) is 0 Å². The molecular formula is C26H24N2O3. The number of para-hydroxylation sites is 1. The van der Waals surface area contributed by atoms with Crippen LogP contribution in [-0.2, 0) is 14.4 Å². The topological polar surface area (TPSA) is 49.9 Å². The van der Waals surface area contributed by atoms with Crippen molar-refractivity contribution in [2.45, 2.75) is 32.9 Å². The second-order valence-corrected chi connectivity index (χ2v) is 8.35. The van der Waals surface area contributed by atoms with Crippen LogP contribution in [0.25, 0.3) is 0 Å². The number of aryl methyl sites for hydroxylation is 3. The van der Waals surface area contributed by atoms with E-state index in [0.717, 1.165) is 27.9 Å².